The van der Waals surface area contributed by atoms with Gasteiger partial charge >= 0.3 is 0 Å². The molecule has 0 bridgehead atoms. The van der Waals surface area contributed by atoms with Crippen LogP contribution in [-0.2, 0) is 0 Å². The second kappa shape index (κ2) is 19.8. The third-order valence-corrected chi connectivity index (χ3v) is 10.9. The zero-order valence-corrected chi connectivity index (χ0v) is 34.0. The Labute approximate surface area is 303 Å². The molecule has 2 aliphatic rings. The Morgan fingerprint density at radius 3 is 1.18 bits per heavy atom. The first-order valence-corrected chi connectivity index (χ1v) is 20.7. The molecule has 0 atom stereocenters. The molecule has 0 radical (unpaired) electrons. The second-order valence-corrected chi connectivity index (χ2v) is 18.5. The summed E-state index contributed by atoms with van der Waals surface area (Å²) in [6.07, 6.45) is 23.6. The van der Waals surface area contributed by atoms with Gasteiger partial charge < -0.3 is 26.2 Å². The zero-order chi connectivity index (χ0) is 36.0. The summed E-state index contributed by atoms with van der Waals surface area (Å²) in [5, 5.41) is 14.7. The highest BCUT2D eigenvalue weighted by Gasteiger charge is 2.38. The minimum atomic E-state index is 0.267. The Hall–Kier alpha value is -1.67. The smallest absolute Gasteiger partial charge is 0.231 e. The molecule has 0 aromatic carbocycles. The van der Waals surface area contributed by atoms with Crippen molar-refractivity contribution in [3.63, 3.8) is 0 Å². The van der Waals surface area contributed by atoms with Crippen molar-refractivity contribution in [3.8, 4) is 0 Å². The largest absolute Gasteiger partial charge is 0.354 e. The Kier molecular flexibility index (Phi) is 16.9. The van der Waals surface area contributed by atoms with Crippen molar-refractivity contribution in [3.05, 3.63) is 0 Å². The van der Waals surface area contributed by atoms with Crippen LogP contribution in [0.5, 0.6) is 0 Å². The van der Waals surface area contributed by atoms with Crippen LogP contribution >= 0.6 is 0 Å². The van der Waals surface area contributed by atoms with Crippen molar-refractivity contribution in [2.45, 2.75) is 207 Å². The van der Waals surface area contributed by atoms with E-state index < -0.39 is 0 Å². The fourth-order valence-electron chi connectivity index (χ4n) is 9.58. The van der Waals surface area contributed by atoms with Gasteiger partial charge in [0.15, 0.2) is 0 Å². The van der Waals surface area contributed by atoms with Crippen molar-refractivity contribution in [2.24, 2.45) is 11.8 Å². The fourth-order valence-corrected chi connectivity index (χ4v) is 9.58. The lowest BCUT2D eigenvalue weighted by Gasteiger charge is -2.46. The summed E-state index contributed by atoms with van der Waals surface area (Å²) in [4.78, 5) is 16.5. The number of unbranched alkanes of at least 4 members (excludes halogenated alkanes) is 10. The van der Waals surface area contributed by atoms with Crippen LogP contribution < -0.4 is 26.2 Å². The van der Waals surface area contributed by atoms with Gasteiger partial charge in [-0.2, -0.15) is 15.0 Å². The van der Waals surface area contributed by atoms with E-state index in [9.17, 15) is 0 Å². The van der Waals surface area contributed by atoms with Crippen LogP contribution in [0.2, 0.25) is 0 Å². The van der Waals surface area contributed by atoms with E-state index in [1.54, 1.807) is 0 Å². The second-order valence-electron chi connectivity index (χ2n) is 18.5. The third-order valence-electron chi connectivity index (χ3n) is 10.9. The molecule has 0 unspecified atom stereocenters. The summed E-state index contributed by atoms with van der Waals surface area (Å²) in [7, 11) is 0. The van der Waals surface area contributed by atoms with Gasteiger partial charge in [-0.1, -0.05) is 77.0 Å². The lowest BCUT2D eigenvalue weighted by atomic mass is 9.74. The Balaban J connectivity index is 1.28. The summed E-state index contributed by atoms with van der Waals surface area (Å²) in [5.41, 5.74) is 1.07. The highest BCUT2D eigenvalue weighted by molar-refractivity contribution is 5.43. The summed E-state index contributed by atoms with van der Waals surface area (Å²) < 4.78 is 0. The molecule has 1 aromatic rings. The molecule has 0 amide bonds. The van der Waals surface area contributed by atoms with E-state index in [0.717, 1.165) is 56.8 Å². The van der Waals surface area contributed by atoms with Gasteiger partial charge in [-0.3, -0.25) is 0 Å². The molecular weight excluding hydrogens is 605 g/mol. The molecule has 2 fully saturated rings. The predicted octanol–water partition coefficient (Wildman–Crippen LogP) is 10.1. The Morgan fingerprint density at radius 1 is 0.510 bits per heavy atom. The molecule has 1 aromatic heterocycles. The van der Waals surface area contributed by atoms with Crippen molar-refractivity contribution >= 4 is 17.8 Å². The van der Waals surface area contributed by atoms with E-state index >= 15 is 0 Å². The average molecular weight is 685 g/mol. The van der Waals surface area contributed by atoms with Gasteiger partial charge in [0.1, 0.15) is 0 Å². The SMILES string of the molecule is CCN(CC)c1nc(NCCCCCCCCC2CC(C)(C)NC(C)(C)C2)nc(NCCCCCCCCC2CC(C)(C)NC(C)(C)C2)n1. The van der Waals surface area contributed by atoms with Gasteiger partial charge in [-0.25, -0.2) is 0 Å². The molecule has 4 N–H and O–H groups in total. The number of anilines is 3. The maximum atomic E-state index is 4.78. The van der Waals surface area contributed by atoms with Crippen molar-refractivity contribution in [1.82, 2.24) is 25.6 Å². The first-order valence-electron chi connectivity index (χ1n) is 20.7. The van der Waals surface area contributed by atoms with Gasteiger partial charge in [0.25, 0.3) is 0 Å². The molecule has 2 saturated heterocycles. The van der Waals surface area contributed by atoms with Gasteiger partial charge in [0, 0.05) is 48.3 Å². The molecule has 0 aliphatic carbocycles. The maximum absolute atomic E-state index is 4.78. The van der Waals surface area contributed by atoms with E-state index in [1.807, 2.05) is 0 Å². The number of aromatic nitrogens is 3. The van der Waals surface area contributed by atoms with Crippen molar-refractivity contribution < 1.29 is 0 Å². The van der Waals surface area contributed by atoms with Crippen LogP contribution in [0.15, 0.2) is 0 Å². The molecule has 284 valence electrons. The van der Waals surface area contributed by atoms with E-state index in [2.05, 4.69) is 95.4 Å². The lowest BCUT2D eigenvalue weighted by molar-refractivity contribution is 0.121. The van der Waals surface area contributed by atoms with Crippen LogP contribution in [-0.4, -0.2) is 63.3 Å². The number of nitrogens with zero attached hydrogens (tertiary/aromatic N) is 4. The minimum absolute atomic E-state index is 0.267. The topological polar surface area (TPSA) is 90.0 Å². The molecule has 8 nitrogen and oxygen atoms in total. The van der Waals surface area contributed by atoms with Crippen molar-refractivity contribution in [2.75, 3.05) is 41.7 Å². The van der Waals surface area contributed by atoms with E-state index in [0.29, 0.717) is 11.9 Å². The van der Waals surface area contributed by atoms with Crippen LogP contribution in [0.25, 0.3) is 0 Å². The van der Waals surface area contributed by atoms with Gasteiger partial charge in [-0.15, -0.1) is 0 Å². The number of hydrogen-bond donors (Lipinski definition) is 4. The molecule has 49 heavy (non-hydrogen) atoms. The third kappa shape index (κ3) is 16.5. The van der Waals surface area contributed by atoms with Crippen molar-refractivity contribution in [1.29, 1.82) is 0 Å². The van der Waals surface area contributed by atoms with E-state index in [-0.39, 0.29) is 22.2 Å². The quantitative estimate of drug-likeness (QED) is 0.0847. The highest BCUT2D eigenvalue weighted by Crippen LogP contribution is 2.37. The average Bonchev–Trinajstić information content (AvgIpc) is 2.97. The summed E-state index contributed by atoms with van der Waals surface area (Å²) in [6, 6.07) is 0. The molecule has 3 heterocycles. The minimum Gasteiger partial charge on any atom is -0.354 e. The predicted molar refractivity (Wildman–Crippen MR) is 213 cm³/mol. The highest BCUT2D eigenvalue weighted by atomic mass is 15.3. The molecular formula is C41H80N8. The molecule has 3 rings (SSSR count). The number of hydrogen-bond acceptors (Lipinski definition) is 8. The van der Waals surface area contributed by atoms with Gasteiger partial charge in [0.2, 0.25) is 17.8 Å². The monoisotopic (exact) mass is 685 g/mol. The molecule has 0 saturated carbocycles. The van der Waals surface area contributed by atoms with Gasteiger partial charge in [-0.05, 0) is 120 Å². The molecule has 8 heteroatoms. The van der Waals surface area contributed by atoms with Crippen LogP contribution in [0, 0.1) is 11.8 Å². The van der Waals surface area contributed by atoms with E-state index in [1.165, 1.54) is 103 Å². The van der Waals surface area contributed by atoms with Crippen LogP contribution in [0.3, 0.4) is 0 Å². The van der Waals surface area contributed by atoms with Crippen LogP contribution in [0.1, 0.15) is 185 Å². The number of piperidine rings is 2. The summed E-state index contributed by atoms with van der Waals surface area (Å²) in [6.45, 7) is 26.9. The number of rotatable bonds is 23. The lowest BCUT2D eigenvalue weighted by Crippen LogP contribution is -2.57. The molecule has 2 aliphatic heterocycles. The first-order chi connectivity index (χ1) is 23.1. The normalized spacial score (nSPS) is 20.3. The maximum Gasteiger partial charge on any atom is 0.231 e. The number of nitrogens with one attached hydrogen (secondary N) is 4. The molecule has 0 spiro atoms. The first kappa shape index (κ1) is 41.7. The Morgan fingerprint density at radius 2 is 0.837 bits per heavy atom. The Bertz CT molecular complexity index is 957. The van der Waals surface area contributed by atoms with E-state index in [4.69, 9.17) is 15.0 Å². The van der Waals surface area contributed by atoms with Gasteiger partial charge in [0.05, 0.1) is 0 Å². The summed E-state index contributed by atoms with van der Waals surface area (Å²) in [5.74, 6) is 3.90. The standard InChI is InChI=1S/C41H80N8/c1-11-49(12-2)37-45-35(42-27-23-19-15-13-17-21-25-33-29-38(3,4)47-39(5,6)30-33)44-36(46-37)43-28-24-20-16-14-18-22-26-34-31-40(7,8)48-41(9,10)32-34/h33-34,47-48H,11-32H2,1-10H3,(H2,42,43,44,45,46). The fraction of sp³-hybridized carbons (Fsp3) is 0.927. The van der Waals surface area contributed by atoms with Crippen LogP contribution in [0.4, 0.5) is 17.8 Å². The zero-order valence-electron chi connectivity index (χ0n) is 34.0. The summed E-state index contributed by atoms with van der Waals surface area (Å²) >= 11 is 0.